The highest BCUT2D eigenvalue weighted by Gasteiger charge is 2.33. The van der Waals surface area contributed by atoms with Crippen molar-refractivity contribution < 1.29 is 22.7 Å². The molecule has 0 saturated carbocycles. The molecule has 0 bridgehead atoms. The first-order valence-corrected chi connectivity index (χ1v) is 7.04. The zero-order chi connectivity index (χ0) is 16.4. The van der Waals surface area contributed by atoms with Gasteiger partial charge in [0, 0.05) is 12.6 Å². The molecule has 0 saturated heterocycles. The maximum Gasteiger partial charge on any atom is 0.435 e. The van der Waals surface area contributed by atoms with Gasteiger partial charge in [-0.25, -0.2) is 0 Å². The van der Waals surface area contributed by atoms with E-state index in [4.69, 9.17) is 4.74 Å². The molecular formula is C15H14F3N3O2. The molecule has 3 rings (SSSR count). The highest BCUT2D eigenvalue weighted by Crippen LogP contribution is 2.28. The number of carbonyl (C=O) groups excluding carboxylic acids is 1. The topological polar surface area (TPSA) is 56.2 Å². The molecule has 0 radical (unpaired) electrons. The van der Waals surface area contributed by atoms with Gasteiger partial charge < -0.3 is 10.1 Å². The summed E-state index contributed by atoms with van der Waals surface area (Å²) in [6.07, 6.45) is -2.86. The van der Waals surface area contributed by atoms with Gasteiger partial charge in [-0.05, 0) is 17.7 Å². The Morgan fingerprint density at radius 2 is 2.13 bits per heavy atom. The zero-order valence-corrected chi connectivity index (χ0v) is 12.0. The van der Waals surface area contributed by atoms with Gasteiger partial charge in [-0.15, -0.1) is 0 Å². The molecule has 1 amide bonds. The predicted molar refractivity (Wildman–Crippen MR) is 74.8 cm³/mol. The number of hydrogen-bond donors (Lipinski definition) is 1. The van der Waals surface area contributed by atoms with Crippen LogP contribution >= 0.6 is 0 Å². The Balaban J connectivity index is 1.48. The van der Waals surface area contributed by atoms with E-state index < -0.39 is 17.8 Å². The number of halogens is 3. The Labute approximate surface area is 130 Å². The molecule has 1 N–H and O–H groups in total. The van der Waals surface area contributed by atoms with Crippen molar-refractivity contribution in [2.45, 2.75) is 25.2 Å². The quantitative estimate of drug-likeness (QED) is 0.936. The number of fused-ring (bicyclic) bond motifs is 1. The van der Waals surface area contributed by atoms with Crippen LogP contribution in [0.1, 0.15) is 11.3 Å². The maximum absolute atomic E-state index is 12.4. The van der Waals surface area contributed by atoms with Gasteiger partial charge in [-0.1, -0.05) is 18.2 Å². The average Bonchev–Trinajstić information content (AvgIpc) is 3.10. The van der Waals surface area contributed by atoms with Gasteiger partial charge >= 0.3 is 6.18 Å². The van der Waals surface area contributed by atoms with E-state index in [1.807, 2.05) is 24.3 Å². The second-order valence-corrected chi connectivity index (χ2v) is 5.25. The first-order valence-electron chi connectivity index (χ1n) is 7.04. The standard InChI is InChI=1S/C15H14F3N3O2/c16-15(17,18)13-5-6-21(20-13)9-14(22)19-8-11-7-10-3-1-2-4-12(10)23-11/h1-6,11H,7-9H2,(H,19,22). The molecule has 1 aliphatic rings. The van der Waals surface area contributed by atoms with Crippen LogP contribution in [0.3, 0.4) is 0 Å². The summed E-state index contributed by atoms with van der Waals surface area (Å²) in [5, 5.41) is 5.98. The molecule has 0 aliphatic carbocycles. The van der Waals surface area contributed by atoms with Crippen molar-refractivity contribution in [1.29, 1.82) is 0 Å². The number of benzene rings is 1. The minimum Gasteiger partial charge on any atom is -0.488 e. The molecule has 122 valence electrons. The molecule has 1 unspecified atom stereocenters. The fourth-order valence-corrected chi connectivity index (χ4v) is 2.40. The third kappa shape index (κ3) is 3.64. The normalized spacial score (nSPS) is 16.7. The molecule has 8 heteroatoms. The van der Waals surface area contributed by atoms with E-state index in [2.05, 4.69) is 10.4 Å². The number of carbonyl (C=O) groups is 1. The Morgan fingerprint density at radius 1 is 1.35 bits per heavy atom. The van der Waals surface area contributed by atoms with Gasteiger partial charge in [0.05, 0.1) is 6.54 Å². The predicted octanol–water partition coefficient (Wildman–Crippen LogP) is 2.02. The Hall–Kier alpha value is -2.51. The van der Waals surface area contributed by atoms with Crippen molar-refractivity contribution in [1.82, 2.24) is 15.1 Å². The largest absolute Gasteiger partial charge is 0.488 e. The molecule has 0 spiro atoms. The molecule has 2 heterocycles. The molecule has 0 fully saturated rings. The lowest BCUT2D eigenvalue weighted by molar-refractivity contribution is -0.141. The summed E-state index contributed by atoms with van der Waals surface area (Å²) in [5.74, 6) is 0.384. The molecule has 2 aromatic rings. The molecule has 23 heavy (non-hydrogen) atoms. The summed E-state index contributed by atoms with van der Waals surface area (Å²) in [6.45, 7) is 0.0245. The van der Waals surface area contributed by atoms with Crippen LogP contribution in [0.25, 0.3) is 0 Å². The monoisotopic (exact) mass is 325 g/mol. The van der Waals surface area contributed by atoms with Crippen LogP contribution < -0.4 is 10.1 Å². The number of hydrogen-bond acceptors (Lipinski definition) is 3. The van der Waals surface area contributed by atoms with Crippen molar-refractivity contribution in [2.24, 2.45) is 0 Å². The van der Waals surface area contributed by atoms with Crippen molar-refractivity contribution in [3.8, 4) is 5.75 Å². The summed E-state index contributed by atoms with van der Waals surface area (Å²) < 4.78 is 43.9. The van der Waals surface area contributed by atoms with E-state index in [-0.39, 0.29) is 12.6 Å². The van der Waals surface area contributed by atoms with E-state index in [1.54, 1.807) is 0 Å². The van der Waals surface area contributed by atoms with Gasteiger partial charge in [0.15, 0.2) is 5.69 Å². The maximum atomic E-state index is 12.4. The Morgan fingerprint density at radius 3 is 2.83 bits per heavy atom. The van der Waals surface area contributed by atoms with Gasteiger partial charge in [0.25, 0.3) is 0 Å². The SMILES string of the molecule is O=C(Cn1ccc(C(F)(F)F)n1)NCC1Cc2ccccc2O1. The molecular weight excluding hydrogens is 311 g/mol. The van der Waals surface area contributed by atoms with E-state index >= 15 is 0 Å². The van der Waals surface area contributed by atoms with Crippen LogP contribution in [0.4, 0.5) is 13.2 Å². The lowest BCUT2D eigenvalue weighted by atomic mass is 10.1. The zero-order valence-electron chi connectivity index (χ0n) is 12.0. The third-order valence-electron chi connectivity index (χ3n) is 3.48. The Kier molecular flexibility index (Phi) is 3.97. The number of nitrogens with one attached hydrogen (secondary N) is 1. The summed E-state index contributed by atoms with van der Waals surface area (Å²) in [7, 11) is 0. The Bertz CT molecular complexity index is 687. The van der Waals surface area contributed by atoms with Gasteiger partial charge in [0.1, 0.15) is 18.4 Å². The van der Waals surface area contributed by atoms with Crippen LogP contribution in [0.5, 0.6) is 5.75 Å². The van der Waals surface area contributed by atoms with E-state index in [0.717, 1.165) is 28.3 Å². The van der Waals surface area contributed by atoms with Gasteiger partial charge in [0.2, 0.25) is 5.91 Å². The first-order chi connectivity index (χ1) is 10.9. The number of ether oxygens (including phenoxy) is 1. The highest BCUT2D eigenvalue weighted by molar-refractivity contribution is 5.75. The third-order valence-corrected chi connectivity index (χ3v) is 3.48. The second-order valence-electron chi connectivity index (χ2n) is 5.25. The van der Waals surface area contributed by atoms with Crippen LogP contribution in [0.2, 0.25) is 0 Å². The first kappa shape index (κ1) is 15.4. The molecule has 1 aliphatic heterocycles. The van der Waals surface area contributed by atoms with E-state index in [1.165, 1.54) is 0 Å². The summed E-state index contributed by atoms with van der Waals surface area (Å²) in [6, 6.07) is 8.44. The van der Waals surface area contributed by atoms with Gasteiger partial charge in [-0.3, -0.25) is 9.48 Å². The minimum atomic E-state index is -4.51. The van der Waals surface area contributed by atoms with Crippen LogP contribution in [0.15, 0.2) is 36.5 Å². The summed E-state index contributed by atoms with van der Waals surface area (Å²) in [5.41, 5.74) is 0.0634. The average molecular weight is 325 g/mol. The number of amides is 1. The van der Waals surface area contributed by atoms with Crippen molar-refractivity contribution >= 4 is 5.91 Å². The van der Waals surface area contributed by atoms with Crippen LogP contribution in [-0.4, -0.2) is 28.3 Å². The van der Waals surface area contributed by atoms with Crippen LogP contribution in [-0.2, 0) is 23.9 Å². The second kappa shape index (κ2) is 5.94. The van der Waals surface area contributed by atoms with Crippen LogP contribution in [0, 0.1) is 0 Å². The summed E-state index contributed by atoms with van der Waals surface area (Å²) >= 11 is 0. The fourth-order valence-electron chi connectivity index (χ4n) is 2.40. The number of para-hydroxylation sites is 1. The molecule has 1 aromatic heterocycles. The highest BCUT2D eigenvalue weighted by atomic mass is 19.4. The minimum absolute atomic E-state index is 0.167. The number of nitrogens with zero attached hydrogens (tertiary/aromatic N) is 2. The van der Waals surface area contributed by atoms with E-state index in [0.29, 0.717) is 13.0 Å². The molecule has 1 atom stereocenters. The number of rotatable bonds is 4. The van der Waals surface area contributed by atoms with E-state index in [9.17, 15) is 18.0 Å². The van der Waals surface area contributed by atoms with Crippen molar-refractivity contribution in [3.63, 3.8) is 0 Å². The van der Waals surface area contributed by atoms with Gasteiger partial charge in [-0.2, -0.15) is 18.3 Å². The lowest BCUT2D eigenvalue weighted by Crippen LogP contribution is -2.36. The molecule has 5 nitrogen and oxygen atoms in total. The number of aromatic nitrogens is 2. The molecule has 1 aromatic carbocycles. The fraction of sp³-hybridized carbons (Fsp3) is 0.333. The van der Waals surface area contributed by atoms with Crippen molar-refractivity contribution in [2.75, 3.05) is 6.54 Å². The smallest absolute Gasteiger partial charge is 0.435 e. The van der Waals surface area contributed by atoms with Crippen molar-refractivity contribution in [3.05, 3.63) is 47.8 Å². The number of alkyl halides is 3. The summed E-state index contributed by atoms with van der Waals surface area (Å²) in [4.78, 5) is 11.8. The lowest BCUT2D eigenvalue weighted by Gasteiger charge is -2.12.